The molecule has 0 aliphatic heterocycles. The molecule has 0 aromatic heterocycles. The van der Waals surface area contributed by atoms with Crippen LogP contribution in [0.1, 0.15) is 16.7 Å². The Balaban J connectivity index is 1.90. The molecule has 0 aliphatic rings. The lowest BCUT2D eigenvalue weighted by Crippen LogP contribution is -2.24. The summed E-state index contributed by atoms with van der Waals surface area (Å²) in [5, 5.41) is 3.81. The van der Waals surface area contributed by atoms with E-state index < -0.39 is 12.5 Å². The van der Waals surface area contributed by atoms with Gasteiger partial charge >= 0.3 is 6.61 Å². The molecule has 0 unspecified atom stereocenters. The van der Waals surface area contributed by atoms with E-state index >= 15 is 0 Å². The summed E-state index contributed by atoms with van der Waals surface area (Å²) in [6.45, 7) is 0.684. The van der Waals surface area contributed by atoms with Crippen molar-refractivity contribution in [3.8, 4) is 17.2 Å². The number of carbonyl (C=O) groups is 1. The van der Waals surface area contributed by atoms with E-state index in [0.717, 1.165) is 11.1 Å². The van der Waals surface area contributed by atoms with Crippen molar-refractivity contribution in [3.63, 3.8) is 0 Å². The van der Waals surface area contributed by atoms with Gasteiger partial charge in [0.25, 0.3) is 5.91 Å². The maximum Gasteiger partial charge on any atom is 0.387 e. The van der Waals surface area contributed by atoms with Crippen molar-refractivity contribution in [1.82, 2.24) is 5.43 Å². The summed E-state index contributed by atoms with van der Waals surface area (Å²) in [5.74, 6) is 0.240. The maximum atomic E-state index is 12.3. The Labute approximate surface area is 155 Å². The van der Waals surface area contributed by atoms with Crippen molar-refractivity contribution in [2.75, 3.05) is 13.7 Å². The molecule has 0 spiro atoms. The van der Waals surface area contributed by atoms with Crippen molar-refractivity contribution < 1.29 is 27.8 Å². The molecule has 144 valence electrons. The summed E-state index contributed by atoms with van der Waals surface area (Å²) >= 11 is 0. The summed E-state index contributed by atoms with van der Waals surface area (Å²) in [6, 6.07) is 10.0. The number of nitrogens with one attached hydrogen (secondary N) is 1. The quantitative estimate of drug-likeness (QED) is 0.564. The number of hydrazone groups is 1. The van der Waals surface area contributed by atoms with Gasteiger partial charge in [0.15, 0.2) is 18.1 Å². The lowest BCUT2D eigenvalue weighted by molar-refractivity contribution is -0.123. The van der Waals surface area contributed by atoms with Crippen molar-refractivity contribution in [3.05, 3.63) is 53.1 Å². The van der Waals surface area contributed by atoms with Gasteiger partial charge in [-0.2, -0.15) is 13.9 Å². The van der Waals surface area contributed by atoms with E-state index in [-0.39, 0.29) is 18.1 Å². The first-order valence-corrected chi connectivity index (χ1v) is 8.04. The van der Waals surface area contributed by atoms with E-state index in [1.54, 1.807) is 0 Å². The van der Waals surface area contributed by atoms with Crippen LogP contribution < -0.4 is 19.6 Å². The van der Waals surface area contributed by atoms with E-state index in [4.69, 9.17) is 9.47 Å². The van der Waals surface area contributed by atoms with E-state index in [0.29, 0.717) is 11.3 Å². The van der Waals surface area contributed by atoms with Gasteiger partial charge in [-0.15, -0.1) is 0 Å². The number of carbonyl (C=O) groups excluding carboxylic acids is 1. The van der Waals surface area contributed by atoms with Gasteiger partial charge in [0.1, 0.15) is 5.75 Å². The van der Waals surface area contributed by atoms with Gasteiger partial charge in [0.05, 0.1) is 13.3 Å². The van der Waals surface area contributed by atoms with E-state index in [2.05, 4.69) is 15.3 Å². The number of methoxy groups -OCH3 is 1. The first kappa shape index (κ1) is 20.2. The van der Waals surface area contributed by atoms with Crippen LogP contribution in [0.2, 0.25) is 0 Å². The molecule has 2 rings (SSSR count). The smallest absolute Gasteiger partial charge is 0.387 e. The van der Waals surface area contributed by atoms with Gasteiger partial charge in [0.2, 0.25) is 0 Å². The highest BCUT2D eigenvalue weighted by atomic mass is 19.3. The van der Waals surface area contributed by atoms with E-state index in [1.165, 1.54) is 31.5 Å². The highest BCUT2D eigenvalue weighted by Gasteiger charge is 2.10. The lowest BCUT2D eigenvalue weighted by Gasteiger charge is -2.10. The SMILES string of the molecule is COc1cc(/C=N\NC(=O)COc2cc(C)ccc2C)ccc1OC(F)F. The van der Waals surface area contributed by atoms with Gasteiger partial charge < -0.3 is 14.2 Å². The Bertz CT molecular complexity index is 825. The van der Waals surface area contributed by atoms with Gasteiger partial charge in [-0.1, -0.05) is 12.1 Å². The largest absolute Gasteiger partial charge is 0.493 e. The van der Waals surface area contributed by atoms with Gasteiger partial charge in [-0.25, -0.2) is 5.43 Å². The van der Waals surface area contributed by atoms with E-state index in [1.807, 2.05) is 32.0 Å². The monoisotopic (exact) mass is 378 g/mol. The number of rotatable bonds is 8. The molecule has 0 aliphatic carbocycles. The average Bonchev–Trinajstić information content (AvgIpc) is 2.63. The first-order chi connectivity index (χ1) is 12.9. The fourth-order valence-corrected chi connectivity index (χ4v) is 2.18. The third-order valence-corrected chi connectivity index (χ3v) is 3.51. The van der Waals surface area contributed by atoms with Crippen LogP contribution in [0, 0.1) is 13.8 Å². The third-order valence-electron chi connectivity index (χ3n) is 3.51. The molecule has 0 fully saturated rings. The summed E-state index contributed by atoms with van der Waals surface area (Å²) in [5.41, 5.74) is 4.82. The van der Waals surface area contributed by atoms with Gasteiger partial charge in [-0.05, 0) is 54.8 Å². The Hall–Kier alpha value is -3.16. The zero-order chi connectivity index (χ0) is 19.8. The zero-order valence-corrected chi connectivity index (χ0v) is 15.2. The molecular weight excluding hydrogens is 358 g/mol. The molecular formula is C19H20F2N2O4. The molecule has 0 saturated heterocycles. The van der Waals surface area contributed by atoms with Crippen molar-refractivity contribution in [1.29, 1.82) is 0 Å². The van der Waals surface area contributed by atoms with Crippen LogP contribution in [0.5, 0.6) is 17.2 Å². The number of amides is 1. The number of ether oxygens (including phenoxy) is 3. The van der Waals surface area contributed by atoms with Crippen LogP contribution in [0.15, 0.2) is 41.5 Å². The molecule has 2 aromatic rings. The van der Waals surface area contributed by atoms with Crippen LogP contribution >= 0.6 is 0 Å². The third kappa shape index (κ3) is 6.25. The molecule has 1 N–H and O–H groups in total. The Kier molecular flexibility index (Phi) is 7.10. The molecule has 1 amide bonds. The minimum atomic E-state index is -2.95. The normalized spacial score (nSPS) is 10.9. The van der Waals surface area contributed by atoms with Crippen molar-refractivity contribution in [2.24, 2.45) is 5.10 Å². The fourth-order valence-electron chi connectivity index (χ4n) is 2.18. The Morgan fingerprint density at radius 1 is 1.15 bits per heavy atom. The molecule has 0 heterocycles. The van der Waals surface area contributed by atoms with Gasteiger partial charge in [-0.3, -0.25) is 4.79 Å². The molecule has 27 heavy (non-hydrogen) atoms. The number of benzene rings is 2. The van der Waals surface area contributed by atoms with Gasteiger partial charge in [0, 0.05) is 0 Å². The van der Waals surface area contributed by atoms with E-state index in [9.17, 15) is 13.6 Å². The fraction of sp³-hybridized carbons (Fsp3) is 0.263. The maximum absolute atomic E-state index is 12.3. The number of hydrogen-bond donors (Lipinski definition) is 1. The first-order valence-electron chi connectivity index (χ1n) is 8.04. The molecule has 0 radical (unpaired) electrons. The predicted octanol–water partition coefficient (Wildman–Crippen LogP) is 3.44. The van der Waals surface area contributed by atoms with Crippen LogP contribution in [0.4, 0.5) is 8.78 Å². The second-order valence-corrected chi connectivity index (χ2v) is 5.64. The number of alkyl halides is 2. The summed E-state index contributed by atoms with van der Waals surface area (Å²) in [7, 11) is 1.33. The number of aryl methyl sites for hydroxylation is 2. The minimum absolute atomic E-state index is 0.0874. The Morgan fingerprint density at radius 3 is 2.63 bits per heavy atom. The van der Waals surface area contributed by atoms with Crippen LogP contribution in [0.25, 0.3) is 0 Å². The molecule has 0 atom stereocenters. The molecule has 0 bridgehead atoms. The molecule has 0 saturated carbocycles. The highest BCUT2D eigenvalue weighted by Crippen LogP contribution is 2.28. The van der Waals surface area contributed by atoms with Crippen LogP contribution in [-0.4, -0.2) is 32.4 Å². The topological polar surface area (TPSA) is 69.2 Å². The number of nitrogens with zero attached hydrogens (tertiary/aromatic N) is 1. The summed E-state index contributed by atoms with van der Waals surface area (Å²) < 4.78 is 39.4. The molecule has 8 heteroatoms. The van der Waals surface area contributed by atoms with Crippen molar-refractivity contribution in [2.45, 2.75) is 20.5 Å². The lowest BCUT2D eigenvalue weighted by atomic mass is 10.1. The summed E-state index contributed by atoms with van der Waals surface area (Å²) in [6.07, 6.45) is 1.35. The Morgan fingerprint density at radius 2 is 1.93 bits per heavy atom. The standard InChI is InChI=1S/C19H20F2N2O4/c1-12-4-5-13(2)16(8-12)26-11-18(24)23-22-10-14-6-7-15(27-19(20)21)17(9-14)25-3/h4-10,19H,11H2,1-3H3,(H,23,24)/b22-10-. The molecule has 2 aromatic carbocycles. The second kappa shape index (κ2) is 9.51. The second-order valence-electron chi connectivity index (χ2n) is 5.64. The number of halogens is 2. The minimum Gasteiger partial charge on any atom is -0.493 e. The number of hydrogen-bond acceptors (Lipinski definition) is 5. The molecule has 6 nitrogen and oxygen atoms in total. The summed E-state index contributed by atoms with van der Waals surface area (Å²) in [4.78, 5) is 11.8. The average molecular weight is 378 g/mol. The van der Waals surface area contributed by atoms with Crippen molar-refractivity contribution >= 4 is 12.1 Å². The van der Waals surface area contributed by atoms with Crippen LogP contribution in [0.3, 0.4) is 0 Å². The highest BCUT2D eigenvalue weighted by molar-refractivity contribution is 5.83. The van der Waals surface area contributed by atoms with Crippen LogP contribution in [-0.2, 0) is 4.79 Å². The predicted molar refractivity (Wildman–Crippen MR) is 96.8 cm³/mol. The zero-order valence-electron chi connectivity index (χ0n) is 15.2.